The fourth-order valence-electron chi connectivity index (χ4n) is 2.38. The number of likely N-dealkylation sites (tertiary alicyclic amines) is 1. The Labute approximate surface area is 106 Å². The first kappa shape index (κ1) is 12.7. The molecule has 1 aromatic rings. The monoisotopic (exact) mass is 250 g/mol. The van der Waals surface area contributed by atoms with Crippen LogP contribution in [0.5, 0.6) is 0 Å². The smallest absolute Gasteiger partial charge is 0.306 e. The lowest BCUT2D eigenvalue weighted by atomic mass is 9.97. The topological polar surface area (TPSA) is 62.5 Å². The molecule has 1 amide bonds. The highest BCUT2D eigenvalue weighted by Crippen LogP contribution is 2.19. The predicted molar refractivity (Wildman–Crippen MR) is 66.4 cm³/mol. The summed E-state index contributed by atoms with van der Waals surface area (Å²) < 4.78 is 1.91. The Morgan fingerprint density at radius 2 is 2.06 bits per heavy atom. The molecule has 1 aliphatic heterocycles. The molecule has 0 bridgehead atoms. The molecule has 0 saturated carbocycles. The molecule has 0 spiro atoms. The molecule has 1 N–H and O–H groups in total. The van der Waals surface area contributed by atoms with E-state index in [1.165, 1.54) is 0 Å². The van der Waals surface area contributed by atoms with Crippen molar-refractivity contribution in [2.45, 2.75) is 26.3 Å². The average Bonchev–Trinajstić information content (AvgIpc) is 2.86. The van der Waals surface area contributed by atoms with Gasteiger partial charge in [-0.25, -0.2) is 0 Å². The molecule has 98 valence electrons. The summed E-state index contributed by atoms with van der Waals surface area (Å²) in [4.78, 5) is 24.9. The lowest BCUT2D eigenvalue weighted by Crippen LogP contribution is -2.40. The molecule has 1 aromatic heterocycles. The van der Waals surface area contributed by atoms with E-state index in [1.807, 2.05) is 29.8 Å². The van der Waals surface area contributed by atoms with E-state index in [-0.39, 0.29) is 11.8 Å². The van der Waals surface area contributed by atoms with E-state index in [0.29, 0.717) is 31.6 Å². The molecule has 1 saturated heterocycles. The van der Waals surface area contributed by atoms with Crippen LogP contribution < -0.4 is 0 Å². The van der Waals surface area contributed by atoms with Crippen molar-refractivity contribution in [3.8, 4) is 0 Å². The highest BCUT2D eigenvalue weighted by atomic mass is 16.4. The lowest BCUT2D eigenvalue weighted by molar-refractivity contribution is -0.143. The Kier molecular flexibility index (Phi) is 3.69. The highest BCUT2D eigenvalue weighted by molar-refractivity contribution is 5.93. The van der Waals surface area contributed by atoms with Crippen LogP contribution in [0, 0.1) is 5.92 Å². The molecule has 5 heteroatoms. The largest absolute Gasteiger partial charge is 0.481 e. The normalized spacial score (nSPS) is 16.8. The number of amides is 1. The Hall–Kier alpha value is -1.78. The van der Waals surface area contributed by atoms with Crippen LogP contribution in [0.25, 0.3) is 0 Å². The van der Waals surface area contributed by atoms with Crippen molar-refractivity contribution >= 4 is 11.9 Å². The maximum Gasteiger partial charge on any atom is 0.306 e. The number of carboxylic acids is 1. The van der Waals surface area contributed by atoms with Crippen molar-refractivity contribution < 1.29 is 14.7 Å². The molecule has 18 heavy (non-hydrogen) atoms. The van der Waals surface area contributed by atoms with E-state index in [1.54, 1.807) is 4.90 Å². The number of hydrogen-bond acceptors (Lipinski definition) is 2. The fraction of sp³-hybridized carbons (Fsp3) is 0.538. The van der Waals surface area contributed by atoms with Gasteiger partial charge < -0.3 is 14.6 Å². The minimum Gasteiger partial charge on any atom is -0.481 e. The maximum absolute atomic E-state index is 12.3. The van der Waals surface area contributed by atoms with E-state index in [4.69, 9.17) is 5.11 Å². The number of piperidine rings is 1. The lowest BCUT2D eigenvalue weighted by Gasteiger charge is -2.30. The second kappa shape index (κ2) is 5.25. The van der Waals surface area contributed by atoms with Crippen LogP contribution >= 0.6 is 0 Å². The van der Waals surface area contributed by atoms with Gasteiger partial charge in [-0.3, -0.25) is 9.59 Å². The molecule has 2 heterocycles. The Morgan fingerprint density at radius 3 is 2.61 bits per heavy atom. The molecule has 0 aliphatic carbocycles. The van der Waals surface area contributed by atoms with Crippen LogP contribution in [-0.4, -0.2) is 39.5 Å². The number of aryl methyl sites for hydroxylation is 1. The van der Waals surface area contributed by atoms with E-state index in [2.05, 4.69) is 0 Å². The second-order valence-corrected chi connectivity index (χ2v) is 4.58. The van der Waals surface area contributed by atoms with Crippen molar-refractivity contribution in [1.29, 1.82) is 0 Å². The minimum absolute atomic E-state index is 0.00527. The summed E-state index contributed by atoms with van der Waals surface area (Å²) in [5, 5.41) is 8.92. The van der Waals surface area contributed by atoms with Gasteiger partial charge in [0, 0.05) is 25.8 Å². The molecule has 0 atom stereocenters. The maximum atomic E-state index is 12.3. The van der Waals surface area contributed by atoms with Crippen LogP contribution in [0.1, 0.15) is 30.3 Å². The third-order valence-electron chi connectivity index (χ3n) is 3.52. The van der Waals surface area contributed by atoms with Crippen molar-refractivity contribution in [3.63, 3.8) is 0 Å². The highest BCUT2D eigenvalue weighted by Gasteiger charge is 2.28. The number of rotatable bonds is 3. The van der Waals surface area contributed by atoms with Gasteiger partial charge >= 0.3 is 5.97 Å². The first-order valence-electron chi connectivity index (χ1n) is 6.30. The Morgan fingerprint density at radius 1 is 1.39 bits per heavy atom. The third kappa shape index (κ3) is 2.39. The van der Waals surface area contributed by atoms with E-state index < -0.39 is 5.97 Å². The fourth-order valence-corrected chi connectivity index (χ4v) is 2.38. The summed E-state index contributed by atoms with van der Waals surface area (Å²) in [7, 11) is 0. The van der Waals surface area contributed by atoms with Crippen LogP contribution in [-0.2, 0) is 11.3 Å². The summed E-state index contributed by atoms with van der Waals surface area (Å²) >= 11 is 0. The molecule has 5 nitrogen and oxygen atoms in total. The van der Waals surface area contributed by atoms with Gasteiger partial charge in [-0.2, -0.15) is 0 Å². The van der Waals surface area contributed by atoms with Crippen LogP contribution in [0.2, 0.25) is 0 Å². The molecule has 1 aliphatic rings. The zero-order chi connectivity index (χ0) is 13.1. The standard InChI is InChI=1S/C13H18N2O3/c1-2-14-7-3-4-11(14)12(16)15-8-5-10(6-9-15)13(17)18/h3-4,7,10H,2,5-6,8-9H2,1H3,(H,17,18). The SMILES string of the molecule is CCn1cccc1C(=O)N1CCC(C(=O)O)CC1. The summed E-state index contributed by atoms with van der Waals surface area (Å²) in [6.07, 6.45) is 2.99. The van der Waals surface area contributed by atoms with Crippen molar-refractivity contribution in [3.05, 3.63) is 24.0 Å². The number of carbonyl (C=O) groups excluding carboxylic acids is 1. The van der Waals surface area contributed by atoms with E-state index in [9.17, 15) is 9.59 Å². The first-order valence-corrected chi connectivity index (χ1v) is 6.30. The molecular formula is C13H18N2O3. The average molecular weight is 250 g/mol. The predicted octanol–water partition coefficient (Wildman–Crippen LogP) is 1.44. The van der Waals surface area contributed by atoms with Crippen molar-refractivity contribution in [2.75, 3.05) is 13.1 Å². The van der Waals surface area contributed by atoms with Gasteiger partial charge in [0.2, 0.25) is 0 Å². The zero-order valence-electron chi connectivity index (χ0n) is 10.5. The van der Waals surface area contributed by atoms with Gasteiger partial charge in [0.25, 0.3) is 5.91 Å². The zero-order valence-corrected chi connectivity index (χ0v) is 10.5. The number of hydrogen-bond donors (Lipinski definition) is 1. The summed E-state index contributed by atoms with van der Waals surface area (Å²) in [5.41, 5.74) is 0.686. The Bertz CT molecular complexity index is 445. The summed E-state index contributed by atoms with van der Waals surface area (Å²) in [6, 6.07) is 3.68. The molecular weight excluding hydrogens is 232 g/mol. The Balaban J connectivity index is 2.02. The number of carbonyl (C=O) groups is 2. The van der Waals surface area contributed by atoms with Crippen LogP contribution in [0.3, 0.4) is 0 Å². The third-order valence-corrected chi connectivity index (χ3v) is 3.52. The van der Waals surface area contributed by atoms with Gasteiger partial charge in [0.05, 0.1) is 5.92 Å². The van der Waals surface area contributed by atoms with Crippen molar-refractivity contribution in [1.82, 2.24) is 9.47 Å². The van der Waals surface area contributed by atoms with Gasteiger partial charge in [-0.05, 0) is 31.9 Å². The molecule has 1 fully saturated rings. The van der Waals surface area contributed by atoms with E-state index >= 15 is 0 Å². The number of aromatic nitrogens is 1. The van der Waals surface area contributed by atoms with Crippen LogP contribution in [0.15, 0.2) is 18.3 Å². The van der Waals surface area contributed by atoms with Crippen molar-refractivity contribution in [2.24, 2.45) is 5.92 Å². The quantitative estimate of drug-likeness (QED) is 0.883. The first-order chi connectivity index (χ1) is 8.63. The number of nitrogens with zero attached hydrogens (tertiary/aromatic N) is 2. The molecule has 0 aromatic carbocycles. The molecule has 0 radical (unpaired) electrons. The summed E-state index contributed by atoms with van der Waals surface area (Å²) in [5.74, 6) is -1.04. The van der Waals surface area contributed by atoms with E-state index in [0.717, 1.165) is 6.54 Å². The molecule has 0 unspecified atom stereocenters. The minimum atomic E-state index is -0.751. The molecule has 2 rings (SSSR count). The summed E-state index contributed by atoms with van der Waals surface area (Å²) in [6.45, 7) is 3.82. The second-order valence-electron chi connectivity index (χ2n) is 4.58. The number of carboxylic acid groups (broad SMARTS) is 1. The number of aliphatic carboxylic acids is 1. The van der Waals surface area contributed by atoms with Gasteiger partial charge in [-0.15, -0.1) is 0 Å². The van der Waals surface area contributed by atoms with Gasteiger partial charge in [0.1, 0.15) is 5.69 Å². The van der Waals surface area contributed by atoms with Gasteiger partial charge in [-0.1, -0.05) is 0 Å². The van der Waals surface area contributed by atoms with Gasteiger partial charge in [0.15, 0.2) is 0 Å². The van der Waals surface area contributed by atoms with Crippen LogP contribution in [0.4, 0.5) is 0 Å².